The molecule has 0 bridgehead atoms. The first-order valence-electron chi connectivity index (χ1n) is 6.68. The number of hydrogen-bond donors (Lipinski definition) is 2. The molecule has 108 valence electrons. The molecule has 1 rings (SSSR count). The van der Waals surface area contributed by atoms with Crippen LogP contribution in [0.5, 0.6) is 5.75 Å². The van der Waals surface area contributed by atoms with Crippen molar-refractivity contribution in [3.63, 3.8) is 0 Å². The summed E-state index contributed by atoms with van der Waals surface area (Å²) >= 11 is 0. The summed E-state index contributed by atoms with van der Waals surface area (Å²) in [7, 11) is 3.33. The molecule has 0 aliphatic carbocycles. The Hall–Kier alpha value is -1.10. The van der Waals surface area contributed by atoms with Gasteiger partial charge in [-0.15, -0.1) is 0 Å². The fraction of sp³-hybridized carbons (Fsp3) is 0.600. The van der Waals surface area contributed by atoms with Crippen LogP contribution in [0.15, 0.2) is 18.2 Å². The zero-order chi connectivity index (χ0) is 14.3. The minimum Gasteiger partial charge on any atom is -0.496 e. The summed E-state index contributed by atoms with van der Waals surface area (Å²) in [5, 5.41) is 12.6. The van der Waals surface area contributed by atoms with E-state index in [-0.39, 0.29) is 18.7 Å². The highest BCUT2D eigenvalue weighted by molar-refractivity contribution is 5.38. The third-order valence-corrected chi connectivity index (χ3v) is 3.30. The summed E-state index contributed by atoms with van der Waals surface area (Å²) in [6.45, 7) is 4.84. The molecule has 0 fully saturated rings. The predicted molar refractivity (Wildman–Crippen MR) is 76.4 cm³/mol. The Labute approximate surface area is 115 Å². The van der Waals surface area contributed by atoms with Crippen LogP contribution in [0, 0.1) is 0 Å². The lowest BCUT2D eigenvalue weighted by atomic mass is 10.0. The molecule has 0 aromatic heterocycles. The monoisotopic (exact) mass is 267 g/mol. The van der Waals surface area contributed by atoms with Crippen LogP contribution < -0.4 is 10.1 Å². The van der Waals surface area contributed by atoms with Crippen LogP contribution in [0.2, 0.25) is 0 Å². The minimum atomic E-state index is 0.128. The molecular formula is C15H25NO3. The van der Waals surface area contributed by atoms with Gasteiger partial charge in [0.15, 0.2) is 0 Å². The molecule has 4 nitrogen and oxygen atoms in total. The van der Waals surface area contributed by atoms with Crippen molar-refractivity contribution in [3.8, 4) is 5.75 Å². The highest BCUT2D eigenvalue weighted by Gasteiger charge is 2.13. The smallest absolute Gasteiger partial charge is 0.124 e. The Bertz CT molecular complexity index is 378. The Morgan fingerprint density at radius 3 is 2.58 bits per heavy atom. The van der Waals surface area contributed by atoms with E-state index >= 15 is 0 Å². The molecule has 0 aliphatic heterocycles. The average Bonchev–Trinajstić information content (AvgIpc) is 2.44. The van der Waals surface area contributed by atoms with Crippen LogP contribution in [0.25, 0.3) is 0 Å². The maximum Gasteiger partial charge on any atom is 0.124 e. The fourth-order valence-corrected chi connectivity index (χ4v) is 2.09. The molecule has 0 aliphatic rings. The largest absolute Gasteiger partial charge is 0.496 e. The topological polar surface area (TPSA) is 50.7 Å². The van der Waals surface area contributed by atoms with Crippen molar-refractivity contribution in [2.45, 2.75) is 39.0 Å². The molecule has 2 N–H and O–H groups in total. The molecule has 19 heavy (non-hydrogen) atoms. The van der Waals surface area contributed by atoms with E-state index in [1.807, 2.05) is 12.1 Å². The molecule has 0 amide bonds. The molecule has 0 spiro atoms. The van der Waals surface area contributed by atoms with Crippen molar-refractivity contribution >= 4 is 0 Å². The van der Waals surface area contributed by atoms with Crippen molar-refractivity contribution in [1.82, 2.24) is 5.32 Å². The Kier molecular flexibility index (Phi) is 6.84. The van der Waals surface area contributed by atoms with Gasteiger partial charge in [-0.1, -0.05) is 13.0 Å². The van der Waals surface area contributed by atoms with E-state index in [2.05, 4.69) is 25.2 Å². The molecular weight excluding hydrogens is 242 g/mol. The number of aliphatic hydroxyl groups is 1. The lowest BCUT2D eigenvalue weighted by Crippen LogP contribution is -2.33. The molecule has 2 atom stereocenters. The molecule has 1 aromatic rings. The van der Waals surface area contributed by atoms with Gasteiger partial charge in [0.05, 0.1) is 20.3 Å². The first kappa shape index (κ1) is 16.0. The zero-order valence-electron chi connectivity index (χ0n) is 12.3. The fourth-order valence-electron chi connectivity index (χ4n) is 2.09. The second kappa shape index (κ2) is 8.15. The number of hydrogen-bond acceptors (Lipinski definition) is 4. The van der Waals surface area contributed by atoms with Gasteiger partial charge in [-0.3, -0.25) is 0 Å². The maximum absolute atomic E-state index is 9.24. The van der Waals surface area contributed by atoms with E-state index < -0.39 is 0 Å². The molecule has 0 saturated heterocycles. The van der Waals surface area contributed by atoms with Crippen LogP contribution in [0.3, 0.4) is 0 Å². The Balaban J connectivity index is 2.85. The molecule has 0 heterocycles. The van der Waals surface area contributed by atoms with Gasteiger partial charge in [0.2, 0.25) is 0 Å². The molecule has 0 saturated carbocycles. The van der Waals surface area contributed by atoms with E-state index in [4.69, 9.17) is 9.47 Å². The SMILES string of the molecule is CC[C@@H](CO)NC(C)c1ccc(OC)c(COC)c1. The van der Waals surface area contributed by atoms with Crippen LogP contribution in [-0.4, -0.2) is 32.0 Å². The van der Waals surface area contributed by atoms with Gasteiger partial charge in [-0.2, -0.15) is 0 Å². The van der Waals surface area contributed by atoms with Gasteiger partial charge in [0, 0.05) is 24.8 Å². The lowest BCUT2D eigenvalue weighted by molar-refractivity contribution is 0.181. The summed E-state index contributed by atoms with van der Waals surface area (Å²) in [5.74, 6) is 0.840. The summed E-state index contributed by atoms with van der Waals surface area (Å²) < 4.78 is 10.5. The summed E-state index contributed by atoms with van der Waals surface area (Å²) in [6.07, 6.45) is 0.905. The van der Waals surface area contributed by atoms with Gasteiger partial charge in [-0.25, -0.2) is 0 Å². The summed E-state index contributed by atoms with van der Waals surface area (Å²) in [6, 6.07) is 6.40. The Morgan fingerprint density at radius 1 is 1.32 bits per heavy atom. The number of nitrogens with one attached hydrogen (secondary N) is 1. The molecule has 1 unspecified atom stereocenters. The van der Waals surface area contributed by atoms with Crippen LogP contribution in [-0.2, 0) is 11.3 Å². The van der Waals surface area contributed by atoms with Crippen LogP contribution in [0.4, 0.5) is 0 Å². The van der Waals surface area contributed by atoms with E-state index in [1.165, 1.54) is 5.56 Å². The lowest BCUT2D eigenvalue weighted by Gasteiger charge is -2.22. The van der Waals surface area contributed by atoms with Crippen LogP contribution >= 0.6 is 0 Å². The highest BCUT2D eigenvalue weighted by atomic mass is 16.5. The number of rotatable bonds is 8. The normalized spacial score (nSPS) is 14.2. The number of benzene rings is 1. The van der Waals surface area contributed by atoms with Crippen molar-refractivity contribution in [1.29, 1.82) is 0 Å². The summed E-state index contributed by atoms with van der Waals surface area (Å²) in [5.41, 5.74) is 2.20. The zero-order valence-corrected chi connectivity index (χ0v) is 12.3. The van der Waals surface area contributed by atoms with Crippen molar-refractivity contribution in [2.24, 2.45) is 0 Å². The Morgan fingerprint density at radius 2 is 2.05 bits per heavy atom. The summed E-state index contributed by atoms with van der Waals surface area (Å²) in [4.78, 5) is 0. The van der Waals surface area contributed by atoms with Gasteiger partial charge >= 0.3 is 0 Å². The quantitative estimate of drug-likeness (QED) is 0.758. The van der Waals surface area contributed by atoms with Crippen LogP contribution in [0.1, 0.15) is 37.4 Å². The number of ether oxygens (including phenoxy) is 2. The molecule has 0 radical (unpaired) electrons. The first-order chi connectivity index (χ1) is 9.15. The number of methoxy groups -OCH3 is 2. The average molecular weight is 267 g/mol. The van der Waals surface area contributed by atoms with Gasteiger partial charge in [0.25, 0.3) is 0 Å². The van der Waals surface area contributed by atoms with Crippen molar-refractivity contribution < 1.29 is 14.6 Å². The third-order valence-electron chi connectivity index (χ3n) is 3.30. The van der Waals surface area contributed by atoms with E-state index in [0.717, 1.165) is 17.7 Å². The second-order valence-electron chi connectivity index (χ2n) is 4.68. The van der Waals surface area contributed by atoms with E-state index in [9.17, 15) is 5.11 Å². The molecule has 4 heteroatoms. The molecule has 1 aromatic carbocycles. The van der Waals surface area contributed by atoms with Gasteiger partial charge in [0.1, 0.15) is 5.75 Å². The second-order valence-corrected chi connectivity index (χ2v) is 4.68. The maximum atomic E-state index is 9.24. The minimum absolute atomic E-state index is 0.128. The number of aliphatic hydroxyl groups excluding tert-OH is 1. The highest BCUT2D eigenvalue weighted by Crippen LogP contribution is 2.24. The predicted octanol–water partition coefficient (Wildman–Crippen LogP) is 2.26. The van der Waals surface area contributed by atoms with E-state index in [1.54, 1.807) is 14.2 Å². The van der Waals surface area contributed by atoms with Gasteiger partial charge < -0.3 is 19.9 Å². The van der Waals surface area contributed by atoms with Crippen molar-refractivity contribution in [2.75, 3.05) is 20.8 Å². The first-order valence-corrected chi connectivity index (χ1v) is 6.68. The van der Waals surface area contributed by atoms with E-state index in [0.29, 0.717) is 6.61 Å². The standard InChI is InChI=1S/C15H25NO3/c1-5-14(9-17)16-11(2)12-6-7-15(19-4)13(8-12)10-18-3/h6-8,11,14,16-17H,5,9-10H2,1-4H3/t11?,14-/m0/s1. The van der Waals surface area contributed by atoms with Gasteiger partial charge in [-0.05, 0) is 31.0 Å². The van der Waals surface area contributed by atoms with Crippen molar-refractivity contribution in [3.05, 3.63) is 29.3 Å². The third kappa shape index (κ3) is 4.49.